The Morgan fingerprint density at radius 1 is 0.208 bits per heavy atom. The standard InChI is InChI=1S/C90H64BN3Si2/c1-9-31-65(32-10-1)67-56-58-86-83(59-67)91-82-57-55-68(66-33-11-2-12-34-66)60-87(82)93(70-36-30-50-79(62-70)96(75-43-19-6-20-44-75,76-45-21-7-22-46-76)77-47-23-8-24-48-77)89-64-71(94-84-53-27-25-51-80(84)81-52-26-28-54-85(81)94)63-88(90(89)91)92(86)69-35-29-49-78(61-69)95(72-37-13-3-14-38-72,73-39-15-4-16-40-73)74-41-17-5-18-42-74/h1-64H. The Hall–Kier alpha value is -11.8. The molecule has 0 amide bonds. The maximum absolute atomic E-state index is 3.05. The van der Waals surface area contributed by atoms with Gasteiger partial charge in [-0.15, -0.1) is 0 Å². The van der Waals surface area contributed by atoms with Gasteiger partial charge in [-0.25, -0.2) is 0 Å². The molecule has 450 valence electrons. The second-order valence-corrected chi connectivity index (χ2v) is 33.1. The van der Waals surface area contributed by atoms with Crippen LogP contribution in [0, 0.1) is 0 Å². The van der Waals surface area contributed by atoms with E-state index in [1.165, 1.54) is 85.3 Å². The van der Waals surface area contributed by atoms with E-state index in [-0.39, 0.29) is 6.71 Å². The summed E-state index contributed by atoms with van der Waals surface area (Å²) in [5, 5.41) is 13.0. The van der Waals surface area contributed by atoms with Gasteiger partial charge in [-0.05, 0) is 141 Å². The Bertz CT molecular complexity index is 5290. The van der Waals surface area contributed by atoms with Gasteiger partial charge in [0.15, 0.2) is 16.1 Å². The Kier molecular flexibility index (Phi) is 14.0. The molecular weight excluding hydrogens is 1190 g/mol. The number of fused-ring (bicyclic) bond motifs is 7. The van der Waals surface area contributed by atoms with Gasteiger partial charge in [0.25, 0.3) is 6.71 Å². The number of aromatic nitrogens is 1. The monoisotopic (exact) mass is 1250 g/mol. The molecule has 0 spiro atoms. The minimum Gasteiger partial charge on any atom is -0.311 e. The topological polar surface area (TPSA) is 11.4 Å². The SMILES string of the molecule is c1ccc(-c2ccc3c(c2)B2c4ccc(-c5ccccc5)cc4N(c4cccc([Si](c5ccccc5)(c5ccccc5)c5ccccc5)c4)c4cc(-n5c6ccccc6c6ccccc65)cc(c42)N3c2cccc([Si](c3ccccc3)(c3ccccc3)c3ccccc3)c2)cc1. The molecule has 0 saturated carbocycles. The van der Waals surface area contributed by atoms with Gasteiger partial charge < -0.3 is 14.4 Å². The van der Waals surface area contributed by atoms with Crippen LogP contribution in [0.2, 0.25) is 0 Å². The summed E-state index contributed by atoms with van der Waals surface area (Å²) < 4.78 is 2.53. The van der Waals surface area contributed by atoms with Crippen molar-refractivity contribution in [3.63, 3.8) is 0 Å². The molecule has 0 aliphatic carbocycles. The van der Waals surface area contributed by atoms with Crippen LogP contribution in [0.4, 0.5) is 34.1 Å². The van der Waals surface area contributed by atoms with E-state index in [9.17, 15) is 0 Å². The Balaban J connectivity index is 0.976. The van der Waals surface area contributed by atoms with Gasteiger partial charge in [-0.3, -0.25) is 0 Å². The largest absolute Gasteiger partial charge is 0.311 e. The highest BCUT2D eigenvalue weighted by molar-refractivity contribution is 7.20. The molecule has 3 nitrogen and oxygen atoms in total. The van der Waals surface area contributed by atoms with E-state index in [1.54, 1.807) is 0 Å². The molecule has 2 aliphatic heterocycles. The summed E-state index contributed by atoms with van der Waals surface area (Å²) in [6.07, 6.45) is 0. The fourth-order valence-electron chi connectivity index (χ4n) is 16.4. The van der Waals surface area contributed by atoms with Crippen LogP contribution in [0.25, 0.3) is 49.7 Å². The lowest BCUT2D eigenvalue weighted by Gasteiger charge is -2.45. The lowest BCUT2D eigenvalue weighted by atomic mass is 9.33. The van der Waals surface area contributed by atoms with E-state index < -0.39 is 16.1 Å². The first kappa shape index (κ1) is 56.9. The Morgan fingerprint density at radius 3 is 0.969 bits per heavy atom. The maximum Gasteiger partial charge on any atom is 0.252 e. The highest BCUT2D eigenvalue weighted by atomic mass is 28.3. The molecule has 0 radical (unpaired) electrons. The van der Waals surface area contributed by atoms with Crippen molar-refractivity contribution >= 4 is 137 Å². The molecule has 0 unspecified atom stereocenters. The first-order valence-corrected chi connectivity index (χ1v) is 37.3. The second kappa shape index (κ2) is 23.6. The van der Waals surface area contributed by atoms with Crippen LogP contribution < -0.4 is 67.7 Å². The normalized spacial score (nSPS) is 12.5. The van der Waals surface area contributed by atoms with Crippen molar-refractivity contribution in [2.24, 2.45) is 0 Å². The predicted molar refractivity (Wildman–Crippen MR) is 413 cm³/mol. The molecule has 96 heavy (non-hydrogen) atoms. The quantitative estimate of drug-likeness (QED) is 0.0842. The van der Waals surface area contributed by atoms with Crippen LogP contribution in [0.5, 0.6) is 0 Å². The van der Waals surface area contributed by atoms with Crippen LogP contribution in [0.1, 0.15) is 0 Å². The molecule has 1 aromatic heterocycles. The fraction of sp³-hybridized carbons (Fsp3) is 0. The first-order valence-electron chi connectivity index (χ1n) is 33.3. The molecule has 16 aromatic rings. The van der Waals surface area contributed by atoms with Crippen LogP contribution in [-0.2, 0) is 0 Å². The van der Waals surface area contributed by atoms with Gasteiger partial charge >= 0.3 is 0 Å². The van der Waals surface area contributed by atoms with E-state index in [0.29, 0.717) is 0 Å². The van der Waals surface area contributed by atoms with E-state index >= 15 is 0 Å². The average molecular weight is 1250 g/mol. The third-order valence-electron chi connectivity index (χ3n) is 20.4. The van der Waals surface area contributed by atoms with E-state index in [1.807, 2.05) is 0 Å². The van der Waals surface area contributed by atoms with Gasteiger partial charge in [0.2, 0.25) is 0 Å². The van der Waals surface area contributed by atoms with Crippen molar-refractivity contribution in [3.8, 4) is 27.9 Å². The molecule has 0 fully saturated rings. The summed E-state index contributed by atoms with van der Waals surface area (Å²) in [5.41, 5.74) is 18.6. The zero-order chi connectivity index (χ0) is 63.6. The smallest absolute Gasteiger partial charge is 0.252 e. The summed E-state index contributed by atoms with van der Waals surface area (Å²) in [5.74, 6) is 0. The predicted octanol–water partition coefficient (Wildman–Crippen LogP) is 15.0. The lowest BCUT2D eigenvalue weighted by Crippen LogP contribution is -2.74. The second-order valence-electron chi connectivity index (χ2n) is 25.4. The highest BCUT2D eigenvalue weighted by Gasteiger charge is 2.47. The molecule has 0 N–H and O–H groups in total. The number of hydrogen-bond acceptors (Lipinski definition) is 2. The zero-order valence-corrected chi connectivity index (χ0v) is 54.9. The molecular formula is C90H64BN3Si2. The summed E-state index contributed by atoms with van der Waals surface area (Å²) in [7, 11) is -6.08. The number of nitrogens with zero attached hydrogens (tertiary/aromatic N) is 3. The van der Waals surface area contributed by atoms with Gasteiger partial charge in [-0.2, -0.15) is 0 Å². The minimum atomic E-state index is -3.05. The molecule has 6 heteroatoms. The highest BCUT2D eigenvalue weighted by Crippen LogP contribution is 2.47. The Labute approximate surface area is 563 Å². The van der Waals surface area contributed by atoms with Crippen molar-refractivity contribution in [1.29, 1.82) is 0 Å². The number of benzene rings is 15. The molecule has 0 bridgehead atoms. The fourth-order valence-corrected chi connectivity index (χ4v) is 26.0. The third kappa shape index (κ3) is 9.09. The lowest BCUT2D eigenvalue weighted by molar-refractivity contribution is 1.16. The van der Waals surface area contributed by atoms with Crippen LogP contribution in [0.3, 0.4) is 0 Å². The number of para-hydroxylation sites is 2. The summed E-state index contributed by atoms with van der Waals surface area (Å²) in [6, 6.07) is 147. The van der Waals surface area contributed by atoms with E-state index in [0.717, 1.165) is 56.4 Å². The van der Waals surface area contributed by atoms with Crippen molar-refractivity contribution in [2.75, 3.05) is 9.80 Å². The van der Waals surface area contributed by atoms with Crippen molar-refractivity contribution in [2.45, 2.75) is 0 Å². The minimum absolute atomic E-state index is 0.183. The Morgan fingerprint density at radius 2 is 0.552 bits per heavy atom. The number of anilines is 6. The molecule has 0 atom stereocenters. The summed E-state index contributed by atoms with van der Waals surface area (Å²) in [4.78, 5) is 5.29. The average Bonchev–Trinajstić information content (AvgIpc) is 0.798. The van der Waals surface area contributed by atoms with Gasteiger partial charge in [0.1, 0.15) is 0 Å². The molecule has 15 aromatic carbocycles. The molecule has 0 saturated heterocycles. The van der Waals surface area contributed by atoms with E-state index in [2.05, 4.69) is 403 Å². The van der Waals surface area contributed by atoms with Gasteiger partial charge in [0.05, 0.1) is 16.7 Å². The summed E-state index contributed by atoms with van der Waals surface area (Å²) in [6.45, 7) is -0.183. The van der Waals surface area contributed by atoms with E-state index in [4.69, 9.17) is 0 Å². The first-order chi connectivity index (χ1) is 47.6. The van der Waals surface area contributed by atoms with Crippen LogP contribution in [0.15, 0.2) is 388 Å². The summed E-state index contributed by atoms with van der Waals surface area (Å²) >= 11 is 0. The molecule has 3 heterocycles. The van der Waals surface area contributed by atoms with Crippen molar-refractivity contribution in [1.82, 2.24) is 4.57 Å². The third-order valence-corrected chi connectivity index (χ3v) is 30.0. The molecule has 18 rings (SSSR count). The molecule has 2 aliphatic rings. The van der Waals surface area contributed by atoms with Crippen LogP contribution in [-0.4, -0.2) is 27.4 Å². The van der Waals surface area contributed by atoms with Crippen molar-refractivity contribution in [3.05, 3.63) is 388 Å². The number of rotatable bonds is 13. The van der Waals surface area contributed by atoms with Gasteiger partial charge in [-0.1, -0.05) is 328 Å². The number of hydrogen-bond donors (Lipinski definition) is 0. The zero-order valence-electron chi connectivity index (χ0n) is 52.9. The van der Waals surface area contributed by atoms with Crippen molar-refractivity contribution < 1.29 is 0 Å². The van der Waals surface area contributed by atoms with Gasteiger partial charge in [0, 0.05) is 44.9 Å². The van der Waals surface area contributed by atoms with Crippen LogP contribution >= 0.6 is 0 Å². The maximum atomic E-state index is 2.65.